The number of amides is 5. The summed E-state index contributed by atoms with van der Waals surface area (Å²) in [6, 6.07) is 24.4. The topological polar surface area (TPSA) is 226 Å². The number of Topliss-reactive ketones (excluding diaryl/α,β-unsaturated/α-hetero) is 1. The molecule has 0 fully saturated rings. The predicted octanol–water partition coefficient (Wildman–Crippen LogP) is 4.89. The highest BCUT2D eigenvalue weighted by molar-refractivity contribution is 6.13. The smallest absolute Gasteiger partial charge is 0.260 e. The van der Waals surface area contributed by atoms with Gasteiger partial charge in [-0.2, -0.15) is 0 Å². The van der Waals surface area contributed by atoms with Crippen molar-refractivity contribution >= 4 is 58.1 Å². The van der Waals surface area contributed by atoms with E-state index in [4.69, 9.17) is 18.9 Å². The van der Waals surface area contributed by atoms with E-state index in [0.717, 1.165) is 28.9 Å². The van der Waals surface area contributed by atoms with Crippen LogP contribution in [0.25, 0.3) is 0 Å². The molecule has 5 atom stereocenters. The van der Waals surface area contributed by atoms with Crippen LogP contribution in [-0.2, 0) is 40.4 Å². The van der Waals surface area contributed by atoms with E-state index in [0.29, 0.717) is 52.5 Å². The summed E-state index contributed by atoms with van der Waals surface area (Å²) < 4.78 is 24.3. The molecule has 4 heterocycles. The third kappa shape index (κ3) is 9.75. The van der Waals surface area contributed by atoms with Gasteiger partial charge in [0.05, 0.1) is 48.8 Å². The Balaban J connectivity index is 0.966. The number of benzene rings is 5. The van der Waals surface area contributed by atoms with Crippen LogP contribution in [0.3, 0.4) is 0 Å². The van der Waals surface area contributed by atoms with Gasteiger partial charge in [-0.05, 0) is 98.3 Å². The Morgan fingerprint density at radius 3 is 1.90 bits per heavy atom. The number of hydrogen-bond donors (Lipinski definition) is 6. The van der Waals surface area contributed by atoms with Crippen LogP contribution in [0.15, 0.2) is 91.0 Å². The summed E-state index contributed by atoms with van der Waals surface area (Å²) in [5, 5.41) is 25.8. The van der Waals surface area contributed by atoms with Gasteiger partial charge in [-0.15, -0.1) is 0 Å². The number of anilines is 4. The molecule has 71 heavy (non-hydrogen) atoms. The molecule has 18 nitrogen and oxygen atoms in total. The lowest BCUT2D eigenvalue weighted by Crippen LogP contribution is -2.51. The fourth-order valence-electron chi connectivity index (χ4n) is 9.50. The SMILES string of the molecule is COc1cc2c(cc1OCc1cc(COc3cc4c(cc3OC)C(=O)N3c5ccccc5C[C@H]3C(O)N4)cc(C(=O)N[C@@H](C)C(=O)N[C@@H](C)C(=O)NCCC(C)=O)c1)NC[C@@H]1Cc3ccccc3N1C2=O. The van der Waals surface area contributed by atoms with Crippen molar-refractivity contribution in [2.24, 2.45) is 0 Å². The van der Waals surface area contributed by atoms with E-state index >= 15 is 0 Å². The standard InChI is InChI=1S/C53H55N7O11/c1-28(61)14-15-54-48(62)29(2)56-49(63)30(3)57-50(64)35-17-31(26-70-46-23-39-37(21-44(46)68-4)52(66)59-36(25-55-39)19-33-10-6-8-12-41(33)59)16-32(18-35)27-71-47-24-40-38(22-45(47)69-5)53(67)60-42-13-9-7-11-34(42)20-43(60)51(65)58-40/h6-13,16-18,21-24,29-30,36,43,51,55,58,65H,14-15,19-20,25-27H2,1-5H3,(H,54,62)(H,56,63)(H,57,64)/t29-,30-,36-,43-,51?/m0/s1. The number of fused-ring (bicyclic) bond motifs is 8. The van der Waals surface area contributed by atoms with Gasteiger partial charge in [-0.1, -0.05) is 36.4 Å². The number of methoxy groups -OCH3 is 2. The average Bonchev–Trinajstić information content (AvgIpc) is 3.88. The van der Waals surface area contributed by atoms with E-state index in [1.54, 1.807) is 47.4 Å². The highest BCUT2D eigenvalue weighted by Crippen LogP contribution is 2.43. The fourth-order valence-corrected chi connectivity index (χ4v) is 9.50. The van der Waals surface area contributed by atoms with E-state index < -0.39 is 42.1 Å². The van der Waals surface area contributed by atoms with Crippen molar-refractivity contribution in [2.45, 2.75) is 83.6 Å². The molecule has 0 saturated heterocycles. The van der Waals surface area contributed by atoms with E-state index in [1.807, 2.05) is 53.4 Å². The predicted molar refractivity (Wildman–Crippen MR) is 264 cm³/mol. The van der Waals surface area contributed by atoms with Crippen molar-refractivity contribution in [3.63, 3.8) is 0 Å². The maximum absolute atomic E-state index is 14.1. The molecule has 368 valence electrons. The quantitative estimate of drug-likeness (QED) is 0.0776. The minimum Gasteiger partial charge on any atom is -0.493 e. The third-order valence-corrected chi connectivity index (χ3v) is 13.2. The van der Waals surface area contributed by atoms with E-state index in [1.165, 1.54) is 35.0 Å². The van der Waals surface area contributed by atoms with Crippen molar-refractivity contribution in [3.8, 4) is 23.0 Å². The zero-order chi connectivity index (χ0) is 50.1. The van der Waals surface area contributed by atoms with Crippen LogP contribution < -0.4 is 55.3 Å². The number of nitrogens with one attached hydrogen (secondary N) is 5. The Labute approximate surface area is 410 Å². The second kappa shape index (κ2) is 20.1. The van der Waals surface area contributed by atoms with Crippen molar-refractivity contribution < 1.29 is 52.8 Å². The molecular formula is C53H55N7O11. The molecule has 5 amide bonds. The first kappa shape index (κ1) is 47.9. The van der Waals surface area contributed by atoms with Crippen LogP contribution in [-0.4, -0.2) is 98.1 Å². The zero-order valence-corrected chi connectivity index (χ0v) is 39.9. The van der Waals surface area contributed by atoms with Gasteiger partial charge in [0.2, 0.25) is 11.8 Å². The number of rotatable bonds is 16. The van der Waals surface area contributed by atoms with E-state index in [2.05, 4.69) is 26.6 Å². The lowest BCUT2D eigenvalue weighted by molar-refractivity contribution is -0.129. The monoisotopic (exact) mass is 965 g/mol. The van der Waals surface area contributed by atoms with Crippen molar-refractivity contribution in [2.75, 3.05) is 47.7 Å². The fraction of sp³-hybridized carbons (Fsp3) is 0.321. The molecular weight excluding hydrogens is 911 g/mol. The van der Waals surface area contributed by atoms with Gasteiger partial charge in [0, 0.05) is 48.6 Å². The molecule has 6 N–H and O–H groups in total. The second-order valence-corrected chi connectivity index (χ2v) is 18.1. The molecule has 0 bridgehead atoms. The lowest BCUT2D eigenvalue weighted by Gasteiger charge is -2.26. The number of ether oxygens (including phenoxy) is 4. The summed E-state index contributed by atoms with van der Waals surface area (Å²) in [4.78, 5) is 82.7. The highest BCUT2D eigenvalue weighted by Gasteiger charge is 2.42. The highest BCUT2D eigenvalue weighted by atomic mass is 16.5. The summed E-state index contributed by atoms with van der Waals surface area (Å²) in [5.74, 6) is -1.09. The van der Waals surface area contributed by atoms with Crippen molar-refractivity contribution in [3.05, 3.63) is 130 Å². The molecule has 9 rings (SSSR count). The molecule has 0 spiro atoms. The number of ketones is 1. The van der Waals surface area contributed by atoms with Gasteiger partial charge in [-0.25, -0.2) is 0 Å². The number of carbonyl (C=O) groups excluding carboxylic acids is 6. The minimum atomic E-state index is -1.10. The van der Waals surface area contributed by atoms with Gasteiger partial charge >= 0.3 is 0 Å². The first-order chi connectivity index (χ1) is 34.2. The van der Waals surface area contributed by atoms with Gasteiger partial charge in [0.1, 0.15) is 37.3 Å². The summed E-state index contributed by atoms with van der Waals surface area (Å²) in [5.41, 5.74) is 6.53. The molecule has 4 aliphatic heterocycles. The molecule has 0 aromatic heterocycles. The molecule has 5 aromatic carbocycles. The van der Waals surface area contributed by atoms with Crippen molar-refractivity contribution in [1.29, 1.82) is 0 Å². The van der Waals surface area contributed by atoms with Crippen LogP contribution in [0.5, 0.6) is 23.0 Å². The van der Waals surface area contributed by atoms with Crippen LogP contribution >= 0.6 is 0 Å². The van der Waals surface area contributed by atoms with Gasteiger partial charge in [0.15, 0.2) is 23.0 Å². The van der Waals surface area contributed by atoms with Gasteiger partial charge < -0.3 is 60.4 Å². The van der Waals surface area contributed by atoms with Crippen LogP contribution in [0, 0.1) is 0 Å². The number of carbonyl (C=O) groups is 6. The second-order valence-electron chi connectivity index (χ2n) is 18.1. The number of nitrogens with zero attached hydrogens (tertiary/aromatic N) is 2. The Morgan fingerprint density at radius 1 is 0.704 bits per heavy atom. The van der Waals surface area contributed by atoms with E-state index in [9.17, 15) is 33.9 Å². The van der Waals surface area contributed by atoms with Crippen LogP contribution in [0.4, 0.5) is 22.7 Å². The van der Waals surface area contributed by atoms with Gasteiger partial charge in [-0.3, -0.25) is 28.8 Å². The number of para-hydroxylation sites is 2. The maximum Gasteiger partial charge on any atom is 0.260 e. The first-order valence-electron chi connectivity index (χ1n) is 23.4. The Morgan fingerprint density at radius 2 is 1.27 bits per heavy atom. The third-order valence-electron chi connectivity index (χ3n) is 13.2. The molecule has 5 aromatic rings. The molecule has 18 heteroatoms. The number of hydrogen-bond acceptors (Lipinski definition) is 13. The largest absolute Gasteiger partial charge is 0.493 e. The minimum absolute atomic E-state index is 0.0709. The summed E-state index contributed by atoms with van der Waals surface area (Å²) in [6.07, 6.45) is 0.241. The maximum atomic E-state index is 14.1. The number of aliphatic hydroxyl groups is 1. The molecule has 0 radical (unpaired) electrons. The van der Waals surface area contributed by atoms with Crippen LogP contribution in [0.2, 0.25) is 0 Å². The molecule has 1 unspecified atom stereocenters. The zero-order valence-electron chi connectivity index (χ0n) is 39.9. The Hall–Kier alpha value is -8.12. The lowest BCUT2D eigenvalue weighted by atomic mass is 10.0. The average molecular weight is 966 g/mol. The van der Waals surface area contributed by atoms with Crippen molar-refractivity contribution in [1.82, 2.24) is 16.0 Å². The summed E-state index contributed by atoms with van der Waals surface area (Å²) in [7, 11) is 2.94. The van der Waals surface area contributed by atoms with Crippen LogP contribution in [0.1, 0.15) is 80.5 Å². The molecule has 0 aliphatic carbocycles. The van der Waals surface area contributed by atoms with Gasteiger partial charge in [0.25, 0.3) is 17.7 Å². The van der Waals surface area contributed by atoms with E-state index in [-0.39, 0.29) is 72.4 Å². The summed E-state index contributed by atoms with van der Waals surface area (Å²) in [6.45, 7) is 4.86. The normalized spacial score (nSPS) is 18.0. The molecule has 0 saturated carbocycles. The molecule has 4 aliphatic rings. The number of aliphatic hydroxyl groups excluding tert-OH is 1. The first-order valence-corrected chi connectivity index (χ1v) is 23.4. The summed E-state index contributed by atoms with van der Waals surface area (Å²) >= 11 is 0. The Kier molecular flexibility index (Phi) is 13.6. The Bertz CT molecular complexity index is 2960.